The van der Waals surface area contributed by atoms with Crippen LogP contribution in [0.1, 0.15) is 25.7 Å². The number of nitrogens with two attached hydrogens (primary N) is 1. The molecule has 0 amide bonds. The number of hydrogen-bond donors (Lipinski definition) is 3. The maximum atomic E-state index is 9.13. The predicted octanol–water partition coefficient (Wildman–Crippen LogP) is 2.22. The Hall–Kier alpha value is -2.50. The molecule has 1 aliphatic carbocycles. The normalized spacial score (nSPS) is 20.7. The monoisotopic (exact) mass is 281 g/mol. The fourth-order valence-electron chi connectivity index (χ4n) is 2.50. The molecule has 2 atom stereocenters. The highest BCUT2D eigenvalue weighted by molar-refractivity contribution is 5.53. The fourth-order valence-corrected chi connectivity index (χ4v) is 2.50. The van der Waals surface area contributed by atoms with Crippen molar-refractivity contribution in [2.75, 3.05) is 5.32 Å². The van der Waals surface area contributed by atoms with Crippen LogP contribution in [0.25, 0.3) is 0 Å². The van der Waals surface area contributed by atoms with Crippen LogP contribution in [0.5, 0.6) is 0 Å². The van der Waals surface area contributed by atoms with Crippen LogP contribution in [-0.2, 0) is 0 Å². The Morgan fingerprint density at radius 2 is 1.76 bits per heavy atom. The average Bonchev–Trinajstić information content (AvgIpc) is 2.51. The van der Waals surface area contributed by atoms with Crippen LogP contribution in [-0.4, -0.2) is 12.1 Å². The topological polar surface area (TPSA) is 97.7 Å². The molecule has 0 saturated heterocycles. The van der Waals surface area contributed by atoms with E-state index in [1.807, 2.05) is 42.5 Å². The van der Waals surface area contributed by atoms with Crippen molar-refractivity contribution in [1.29, 1.82) is 10.5 Å². The van der Waals surface area contributed by atoms with Gasteiger partial charge in [-0.1, -0.05) is 31.0 Å². The van der Waals surface area contributed by atoms with Gasteiger partial charge in [-0.25, -0.2) is 0 Å². The van der Waals surface area contributed by atoms with Crippen molar-refractivity contribution in [3.63, 3.8) is 0 Å². The smallest absolute Gasteiger partial charge is 0.169 e. The van der Waals surface area contributed by atoms with E-state index in [1.165, 1.54) is 0 Å². The van der Waals surface area contributed by atoms with Crippen molar-refractivity contribution in [3.05, 3.63) is 41.7 Å². The van der Waals surface area contributed by atoms with Crippen molar-refractivity contribution in [2.24, 2.45) is 5.73 Å². The number of allylic oxidation sites excluding steroid dienone is 1. The first-order valence-corrected chi connectivity index (χ1v) is 7.13. The molecule has 108 valence electrons. The van der Waals surface area contributed by atoms with Crippen molar-refractivity contribution < 1.29 is 0 Å². The van der Waals surface area contributed by atoms with E-state index in [0.29, 0.717) is 5.82 Å². The van der Waals surface area contributed by atoms with Crippen LogP contribution in [0.2, 0.25) is 0 Å². The average molecular weight is 281 g/mol. The molecule has 0 aliphatic heterocycles. The van der Waals surface area contributed by atoms with E-state index in [1.54, 1.807) is 0 Å². The zero-order valence-electron chi connectivity index (χ0n) is 11.8. The third-order valence-electron chi connectivity index (χ3n) is 3.67. The summed E-state index contributed by atoms with van der Waals surface area (Å²) in [6, 6.07) is 13.5. The van der Waals surface area contributed by atoms with Crippen molar-refractivity contribution in [3.8, 4) is 12.1 Å². The van der Waals surface area contributed by atoms with Gasteiger partial charge in [0.1, 0.15) is 18.0 Å². The summed E-state index contributed by atoms with van der Waals surface area (Å²) >= 11 is 0. The maximum absolute atomic E-state index is 9.13. The molecule has 1 aromatic rings. The first-order chi connectivity index (χ1) is 10.2. The number of anilines is 1. The highest BCUT2D eigenvalue weighted by atomic mass is 15.1. The van der Waals surface area contributed by atoms with Crippen LogP contribution in [0.3, 0.4) is 0 Å². The molecule has 5 nitrogen and oxygen atoms in total. The molecule has 1 saturated carbocycles. The van der Waals surface area contributed by atoms with Gasteiger partial charge in [0, 0.05) is 17.8 Å². The van der Waals surface area contributed by atoms with Crippen LogP contribution in [0, 0.1) is 22.7 Å². The molecular weight excluding hydrogens is 262 g/mol. The Labute approximate surface area is 125 Å². The quantitative estimate of drug-likeness (QED) is 0.735. The molecule has 0 radical (unpaired) electrons. The Morgan fingerprint density at radius 1 is 1.10 bits per heavy atom. The molecule has 4 N–H and O–H groups in total. The summed E-state index contributed by atoms with van der Waals surface area (Å²) in [6.45, 7) is 0. The number of nitrogens with zero attached hydrogens (tertiary/aromatic N) is 2. The van der Waals surface area contributed by atoms with Gasteiger partial charge in [0.25, 0.3) is 0 Å². The number of benzene rings is 1. The molecule has 0 aromatic heterocycles. The lowest BCUT2D eigenvalue weighted by Crippen LogP contribution is -2.47. The van der Waals surface area contributed by atoms with Crippen LogP contribution in [0.4, 0.5) is 5.69 Å². The van der Waals surface area contributed by atoms with E-state index in [-0.39, 0.29) is 17.7 Å². The summed E-state index contributed by atoms with van der Waals surface area (Å²) < 4.78 is 0. The molecule has 0 bridgehead atoms. The first-order valence-electron chi connectivity index (χ1n) is 7.13. The zero-order chi connectivity index (χ0) is 15.1. The van der Waals surface area contributed by atoms with E-state index in [9.17, 15) is 0 Å². The Morgan fingerprint density at radius 3 is 2.38 bits per heavy atom. The zero-order valence-corrected chi connectivity index (χ0v) is 11.8. The van der Waals surface area contributed by atoms with Crippen molar-refractivity contribution in [1.82, 2.24) is 5.32 Å². The second-order valence-electron chi connectivity index (χ2n) is 5.16. The van der Waals surface area contributed by atoms with E-state index in [2.05, 4.69) is 10.6 Å². The van der Waals surface area contributed by atoms with Crippen molar-refractivity contribution in [2.45, 2.75) is 37.8 Å². The lowest BCUT2D eigenvalue weighted by molar-refractivity contribution is 0.347. The molecule has 1 aromatic carbocycles. The van der Waals surface area contributed by atoms with Gasteiger partial charge in [0.2, 0.25) is 0 Å². The summed E-state index contributed by atoms with van der Waals surface area (Å²) in [5.41, 5.74) is 6.99. The minimum atomic E-state index is 0.0385. The summed E-state index contributed by atoms with van der Waals surface area (Å²) in [5.74, 6) is 0.438. The number of para-hydroxylation sites is 1. The number of rotatable bonds is 4. The van der Waals surface area contributed by atoms with E-state index in [0.717, 1.165) is 31.4 Å². The molecule has 1 fully saturated rings. The molecule has 1 unspecified atom stereocenters. The Bertz CT molecular complexity index is 563. The van der Waals surface area contributed by atoms with Crippen molar-refractivity contribution >= 4 is 5.69 Å². The summed E-state index contributed by atoms with van der Waals surface area (Å²) in [7, 11) is 0. The van der Waals surface area contributed by atoms with E-state index < -0.39 is 0 Å². The highest BCUT2D eigenvalue weighted by Crippen LogP contribution is 2.19. The third-order valence-corrected chi connectivity index (χ3v) is 3.67. The third kappa shape index (κ3) is 3.98. The van der Waals surface area contributed by atoms with Gasteiger partial charge >= 0.3 is 0 Å². The Balaban J connectivity index is 2.19. The first kappa shape index (κ1) is 14.9. The van der Waals surface area contributed by atoms with Gasteiger partial charge in [0.15, 0.2) is 5.57 Å². The molecule has 2 rings (SSSR count). The molecule has 0 heterocycles. The Kier molecular flexibility index (Phi) is 5.20. The molecule has 1 aliphatic rings. The minimum Gasteiger partial charge on any atom is -0.366 e. The van der Waals surface area contributed by atoms with Gasteiger partial charge in [-0.15, -0.1) is 0 Å². The molecule has 21 heavy (non-hydrogen) atoms. The molecular formula is C16H19N5. The largest absolute Gasteiger partial charge is 0.366 e. The number of nitrogens with one attached hydrogen (secondary N) is 2. The maximum Gasteiger partial charge on any atom is 0.169 e. The number of nitriles is 2. The number of hydrogen-bond acceptors (Lipinski definition) is 5. The van der Waals surface area contributed by atoms with Gasteiger partial charge in [-0.05, 0) is 25.0 Å². The molecule has 5 heteroatoms. The van der Waals surface area contributed by atoms with E-state index >= 15 is 0 Å². The van der Waals surface area contributed by atoms with Crippen LogP contribution >= 0.6 is 0 Å². The molecule has 0 spiro atoms. The van der Waals surface area contributed by atoms with E-state index in [4.69, 9.17) is 16.3 Å². The minimum absolute atomic E-state index is 0.0385. The lowest BCUT2D eigenvalue weighted by Gasteiger charge is -2.31. The fraction of sp³-hybridized carbons (Fsp3) is 0.375. The summed E-state index contributed by atoms with van der Waals surface area (Å²) in [4.78, 5) is 0. The van der Waals surface area contributed by atoms with Crippen LogP contribution in [0.15, 0.2) is 41.7 Å². The highest BCUT2D eigenvalue weighted by Gasteiger charge is 2.23. The SMILES string of the molecule is N#CC(C#N)=C(Nc1ccccc1)N[C@@H]1CCCCC1N. The standard InChI is InChI=1S/C16H19N5/c17-10-12(11-18)16(20-13-6-2-1-3-7-13)21-15-9-5-4-8-14(15)19/h1-3,6-7,14-15,20-21H,4-5,8-9,19H2/t14?,15-/m1/s1. The van der Waals surface area contributed by atoms with Gasteiger partial charge in [-0.2, -0.15) is 10.5 Å². The second kappa shape index (κ2) is 7.33. The summed E-state index contributed by atoms with van der Waals surface area (Å²) in [5, 5.41) is 24.6. The predicted molar refractivity (Wildman–Crippen MR) is 81.7 cm³/mol. The summed E-state index contributed by atoms with van der Waals surface area (Å²) in [6.07, 6.45) is 4.16. The second-order valence-corrected chi connectivity index (χ2v) is 5.16. The van der Waals surface area contributed by atoms with Gasteiger partial charge in [0.05, 0.1) is 0 Å². The lowest BCUT2D eigenvalue weighted by atomic mass is 9.91. The van der Waals surface area contributed by atoms with Gasteiger partial charge in [-0.3, -0.25) is 0 Å². The van der Waals surface area contributed by atoms with Gasteiger partial charge < -0.3 is 16.4 Å². The van der Waals surface area contributed by atoms with Crippen LogP contribution < -0.4 is 16.4 Å².